The maximum absolute atomic E-state index is 13.6. The van der Waals surface area contributed by atoms with Gasteiger partial charge in [-0.2, -0.15) is 0 Å². The smallest absolute Gasteiger partial charge is 0.328 e. The number of halogens is 1. The Morgan fingerprint density at radius 3 is 2.36 bits per heavy atom. The van der Waals surface area contributed by atoms with Gasteiger partial charge in [0.1, 0.15) is 23.9 Å². The summed E-state index contributed by atoms with van der Waals surface area (Å²) in [6.07, 6.45) is 2.65. The lowest BCUT2D eigenvalue weighted by Crippen LogP contribution is -2.58. The Morgan fingerprint density at radius 1 is 1.12 bits per heavy atom. The highest BCUT2D eigenvalue weighted by Gasteiger charge is 2.40. The minimum Gasteiger partial charge on any atom is -0.495 e. The minimum absolute atomic E-state index is 0.129. The summed E-state index contributed by atoms with van der Waals surface area (Å²) < 4.78 is 11.0. The van der Waals surface area contributed by atoms with Gasteiger partial charge in [-0.25, -0.2) is 4.79 Å². The first-order valence-corrected chi connectivity index (χ1v) is 14.6. The van der Waals surface area contributed by atoms with E-state index in [9.17, 15) is 24.3 Å². The number of aliphatic hydroxyl groups excluding tert-OH is 1. The van der Waals surface area contributed by atoms with Crippen LogP contribution in [0.5, 0.6) is 5.75 Å². The molecule has 1 aromatic carbocycles. The average molecular weight is 608 g/mol. The van der Waals surface area contributed by atoms with E-state index in [-0.39, 0.29) is 24.9 Å². The van der Waals surface area contributed by atoms with E-state index >= 15 is 0 Å². The number of carbonyl (C=O) groups is 4. The van der Waals surface area contributed by atoms with Gasteiger partial charge in [0, 0.05) is 31.4 Å². The van der Waals surface area contributed by atoms with E-state index in [4.69, 9.17) is 21.1 Å². The van der Waals surface area contributed by atoms with Crippen LogP contribution in [0.15, 0.2) is 30.4 Å². The topological polar surface area (TPSA) is 143 Å². The molecule has 3 amide bonds. The second-order valence-corrected chi connectivity index (χ2v) is 13.2. The van der Waals surface area contributed by atoms with Crippen molar-refractivity contribution in [2.24, 2.45) is 16.7 Å². The maximum Gasteiger partial charge on any atom is 0.328 e. The molecule has 0 bridgehead atoms. The van der Waals surface area contributed by atoms with Crippen LogP contribution in [0.3, 0.4) is 0 Å². The number of ether oxygens (including phenoxy) is 2. The summed E-state index contributed by atoms with van der Waals surface area (Å²) in [5.74, 6) is -2.03. The zero-order chi connectivity index (χ0) is 31.8. The van der Waals surface area contributed by atoms with E-state index in [1.54, 1.807) is 45.9 Å². The molecule has 0 saturated carbocycles. The Hall–Kier alpha value is -3.11. The van der Waals surface area contributed by atoms with Crippen LogP contribution in [0, 0.1) is 16.7 Å². The van der Waals surface area contributed by atoms with Gasteiger partial charge in [0.05, 0.1) is 17.5 Å². The number of esters is 1. The number of methoxy groups -OCH3 is 1. The molecule has 1 aromatic rings. The predicted octanol–water partition coefficient (Wildman–Crippen LogP) is 3.33. The summed E-state index contributed by atoms with van der Waals surface area (Å²) in [6.45, 7) is 12.4. The van der Waals surface area contributed by atoms with Gasteiger partial charge in [0.15, 0.2) is 0 Å². The summed E-state index contributed by atoms with van der Waals surface area (Å²) in [7, 11) is 1.50. The number of amides is 3. The van der Waals surface area contributed by atoms with E-state index in [1.165, 1.54) is 19.3 Å². The van der Waals surface area contributed by atoms with E-state index in [1.807, 2.05) is 20.8 Å². The maximum atomic E-state index is 13.6. The third kappa shape index (κ3) is 10.0. The molecule has 0 aromatic heterocycles. The molecule has 42 heavy (non-hydrogen) atoms. The van der Waals surface area contributed by atoms with Gasteiger partial charge in [0.25, 0.3) is 0 Å². The predicted molar refractivity (Wildman–Crippen MR) is 161 cm³/mol. The van der Waals surface area contributed by atoms with E-state index in [2.05, 4.69) is 16.0 Å². The van der Waals surface area contributed by atoms with Crippen molar-refractivity contribution in [3.05, 3.63) is 40.9 Å². The molecule has 5 atom stereocenters. The van der Waals surface area contributed by atoms with Crippen LogP contribution in [-0.2, 0) is 30.3 Å². The zero-order valence-corrected chi connectivity index (χ0v) is 26.6. The quantitative estimate of drug-likeness (QED) is 0.363. The molecule has 0 unspecified atom stereocenters. The standard InChI is InChI=1S/C31H46ClN3O7/c1-18(17-36)24-10-9-11-26(37)34-22(15-20-12-13-25(41-8)21(32)14-20)27(38)33-19(2)31(6,7)29(40)35-23(28(39)42-24)16-30(3,4)5/h9,11-14,18-19,22-24,36H,10,15-17H2,1-8H3,(H,33,38)(H,34,37)(H,35,40)/b11-9+/t18-,19+,22-,23+,24+/m1/s1. The molecule has 0 spiro atoms. The lowest BCUT2D eigenvalue weighted by molar-refractivity contribution is -0.157. The van der Waals surface area contributed by atoms with Crippen LogP contribution >= 0.6 is 11.6 Å². The lowest BCUT2D eigenvalue weighted by Gasteiger charge is -2.35. The van der Waals surface area contributed by atoms with Gasteiger partial charge in [-0.3, -0.25) is 14.4 Å². The number of cyclic esters (lactones) is 1. The van der Waals surface area contributed by atoms with Crippen LogP contribution in [0.4, 0.5) is 0 Å². The molecule has 11 heteroatoms. The highest BCUT2D eigenvalue weighted by Crippen LogP contribution is 2.27. The minimum atomic E-state index is -1.14. The summed E-state index contributed by atoms with van der Waals surface area (Å²) in [4.78, 5) is 53.3. The molecule has 234 valence electrons. The highest BCUT2D eigenvalue weighted by molar-refractivity contribution is 6.32. The molecule has 0 radical (unpaired) electrons. The Kier molecular flexibility index (Phi) is 12.4. The summed E-state index contributed by atoms with van der Waals surface area (Å²) in [5.41, 5.74) is -0.771. The van der Waals surface area contributed by atoms with Crippen molar-refractivity contribution in [3.63, 3.8) is 0 Å². The fourth-order valence-electron chi connectivity index (χ4n) is 4.40. The molecular formula is C31H46ClN3O7. The number of carbonyl (C=O) groups excluding carboxylic acids is 4. The molecule has 1 aliphatic rings. The van der Waals surface area contributed by atoms with Crippen LogP contribution in [0.25, 0.3) is 0 Å². The van der Waals surface area contributed by atoms with Crippen LogP contribution in [0.2, 0.25) is 5.02 Å². The largest absolute Gasteiger partial charge is 0.495 e. The van der Waals surface area contributed by atoms with Gasteiger partial charge in [0.2, 0.25) is 17.7 Å². The van der Waals surface area contributed by atoms with Crippen molar-refractivity contribution in [1.82, 2.24) is 16.0 Å². The third-order valence-corrected chi connectivity index (χ3v) is 7.85. The van der Waals surface area contributed by atoms with Crippen LogP contribution in [-0.4, -0.2) is 66.7 Å². The number of hydrogen-bond acceptors (Lipinski definition) is 7. The first-order chi connectivity index (χ1) is 19.5. The summed E-state index contributed by atoms with van der Waals surface area (Å²) in [6, 6.07) is 2.48. The van der Waals surface area contributed by atoms with Crippen molar-refractivity contribution >= 4 is 35.3 Å². The Morgan fingerprint density at radius 2 is 1.79 bits per heavy atom. The number of benzene rings is 1. The molecule has 0 fully saturated rings. The van der Waals surface area contributed by atoms with Gasteiger partial charge in [-0.05, 0) is 56.4 Å². The van der Waals surface area contributed by atoms with Gasteiger partial charge < -0.3 is 30.5 Å². The van der Waals surface area contributed by atoms with Crippen LogP contribution < -0.4 is 20.7 Å². The van der Waals surface area contributed by atoms with Crippen molar-refractivity contribution in [2.75, 3.05) is 13.7 Å². The van der Waals surface area contributed by atoms with Gasteiger partial charge in [-0.1, -0.05) is 51.4 Å². The summed E-state index contributed by atoms with van der Waals surface area (Å²) >= 11 is 6.29. The van der Waals surface area contributed by atoms with E-state index < -0.39 is 59.3 Å². The van der Waals surface area contributed by atoms with Gasteiger partial charge >= 0.3 is 5.97 Å². The van der Waals surface area contributed by atoms with Crippen molar-refractivity contribution < 1.29 is 33.8 Å². The monoisotopic (exact) mass is 607 g/mol. The number of aliphatic hydroxyl groups is 1. The zero-order valence-electron chi connectivity index (χ0n) is 25.9. The van der Waals surface area contributed by atoms with Crippen molar-refractivity contribution in [1.29, 1.82) is 0 Å². The first kappa shape index (κ1) is 35.1. The van der Waals surface area contributed by atoms with Gasteiger partial charge in [-0.15, -0.1) is 0 Å². The fourth-order valence-corrected chi connectivity index (χ4v) is 4.68. The number of hydrogen-bond donors (Lipinski definition) is 4. The molecule has 4 N–H and O–H groups in total. The Balaban J connectivity index is 2.48. The number of nitrogens with one attached hydrogen (secondary N) is 3. The highest BCUT2D eigenvalue weighted by atomic mass is 35.5. The Labute approximate surface area is 253 Å². The molecular weight excluding hydrogens is 562 g/mol. The Bertz CT molecular complexity index is 1160. The third-order valence-electron chi connectivity index (χ3n) is 7.55. The lowest BCUT2D eigenvalue weighted by atomic mass is 9.82. The molecule has 1 aliphatic heterocycles. The molecule has 10 nitrogen and oxygen atoms in total. The second kappa shape index (κ2) is 14.9. The second-order valence-electron chi connectivity index (χ2n) is 12.8. The normalized spacial score (nSPS) is 25.9. The molecule has 0 aliphatic carbocycles. The number of rotatable bonds is 6. The van der Waals surface area contributed by atoms with E-state index in [0.29, 0.717) is 22.8 Å². The fraction of sp³-hybridized carbons (Fsp3) is 0.613. The van der Waals surface area contributed by atoms with E-state index in [0.717, 1.165) is 0 Å². The SMILES string of the molecule is COc1ccc(C[C@H]2NC(=O)/C=C/C[C@@H]([C@H](C)CO)OC(=O)[C@H](CC(C)(C)C)NC(=O)C(C)(C)[C@H](C)NC2=O)cc1Cl. The molecule has 2 rings (SSSR count). The van der Waals surface area contributed by atoms with Crippen molar-refractivity contribution in [2.45, 2.75) is 92.0 Å². The average Bonchev–Trinajstić information content (AvgIpc) is 2.89. The first-order valence-electron chi connectivity index (χ1n) is 14.2. The summed E-state index contributed by atoms with van der Waals surface area (Å²) in [5, 5.41) is 18.6. The van der Waals surface area contributed by atoms with Crippen LogP contribution in [0.1, 0.15) is 66.9 Å². The molecule has 1 heterocycles. The molecule has 0 saturated heterocycles. The van der Waals surface area contributed by atoms with Crippen molar-refractivity contribution in [3.8, 4) is 5.75 Å².